The summed E-state index contributed by atoms with van der Waals surface area (Å²) in [5.41, 5.74) is 0.0499. The van der Waals surface area contributed by atoms with Gasteiger partial charge in [-0.25, -0.2) is 0 Å². The first-order valence-electron chi connectivity index (χ1n) is 3.81. The molecular formula is C7H14N4. The monoisotopic (exact) mass is 154 g/mol. The number of hydrogen-bond donors (Lipinski definition) is 0. The Hall–Kier alpha value is -0.930. The van der Waals surface area contributed by atoms with Crippen molar-refractivity contribution in [2.75, 3.05) is 0 Å². The van der Waals surface area contributed by atoms with Crippen LogP contribution >= 0.6 is 0 Å². The first-order chi connectivity index (χ1) is 5.06. The number of aryl methyl sites for hydroxylation is 1. The largest absolute Gasteiger partial charge is 0.180 e. The number of rotatable bonds is 2. The van der Waals surface area contributed by atoms with Crippen LogP contribution in [0.4, 0.5) is 0 Å². The smallest absolute Gasteiger partial charge is 0.167 e. The minimum Gasteiger partial charge on any atom is -0.167 e. The fraction of sp³-hybridized carbons (Fsp3) is 0.857. The van der Waals surface area contributed by atoms with Gasteiger partial charge in [0, 0.05) is 5.41 Å². The zero-order valence-corrected chi connectivity index (χ0v) is 7.50. The Morgan fingerprint density at radius 1 is 1.45 bits per heavy atom. The molecule has 4 heteroatoms. The van der Waals surface area contributed by atoms with E-state index < -0.39 is 0 Å². The van der Waals surface area contributed by atoms with Crippen molar-refractivity contribution >= 4 is 0 Å². The predicted octanol–water partition coefficient (Wildman–Crippen LogP) is 0.898. The normalized spacial score (nSPS) is 12.0. The molecule has 4 nitrogen and oxygen atoms in total. The van der Waals surface area contributed by atoms with Crippen LogP contribution in [0.1, 0.15) is 33.0 Å². The second kappa shape index (κ2) is 2.60. The molecule has 0 atom stereocenters. The van der Waals surface area contributed by atoms with Gasteiger partial charge >= 0.3 is 0 Å². The second-order valence-electron chi connectivity index (χ2n) is 3.34. The molecule has 0 fully saturated rings. The Balaban J connectivity index is 2.92. The van der Waals surface area contributed by atoms with Crippen LogP contribution in [0, 0.1) is 0 Å². The van der Waals surface area contributed by atoms with E-state index in [0.717, 1.165) is 12.2 Å². The van der Waals surface area contributed by atoms with E-state index >= 15 is 0 Å². The third-order valence-electron chi connectivity index (χ3n) is 2.00. The zero-order chi connectivity index (χ0) is 8.48. The van der Waals surface area contributed by atoms with Gasteiger partial charge in [0.1, 0.15) is 0 Å². The average molecular weight is 154 g/mol. The molecule has 1 aromatic heterocycles. The number of hydrogen-bond acceptors (Lipinski definition) is 3. The average Bonchev–Trinajstić information content (AvgIpc) is 2.36. The van der Waals surface area contributed by atoms with E-state index in [1.54, 1.807) is 7.05 Å². The summed E-state index contributed by atoms with van der Waals surface area (Å²) in [6, 6.07) is 0. The molecule has 0 aliphatic carbocycles. The van der Waals surface area contributed by atoms with Crippen LogP contribution in [0.25, 0.3) is 0 Å². The molecule has 0 unspecified atom stereocenters. The molecule has 0 bridgehead atoms. The molecule has 62 valence electrons. The van der Waals surface area contributed by atoms with Crippen LogP contribution in [0.15, 0.2) is 0 Å². The van der Waals surface area contributed by atoms with Crippen molar-refractivity contribution in [1.82, 2.24) is 20.2 Å². The fourth-order valence-corrected chi connectivity index (χ4v) is 0.713. The molecule has 0 saturated carbocycles. The molecule has 0 aliphatic rings. The summed E-state index contributed by atoms with van der Waals surface area (Å²) < 4.78 is 0. The quantitative estimate of drug-likeness (QED) is 0.635. The third kappa shape index (κ3) is 1.56. The number of nitrogens with zero attached hydrogens (tertiary/aromatic N) is 4. The lowest BCUT2D eigenvalue weighted by Gasteiger charge is -2.16. The third-order valence-corrected chi connectivity index (χ3v) is 2.00. The van der Waals surface area contributed by atoms with Crippen molar-refractivity contribution in [2.24, 2.45) is 7.05 Å². The Bertz CT molecular complexity index is 238. The minimum absolute atomic E-state index is 0.0499. The Morgan fingerprint density at radius 2 is 2.09 bits per heavy atom. The Morgan fingerprint density at radius 3 is 2.45 bits per heavy atom. The highest BCUT2D eigenvalue weighted by molar-refractivity contribution is 4.98. The topological polar surface area (TPSA) is 43.6 Å². The van der Waals surface area contributed by atoms with Gasteiger partial charge in [-0.2, -0.15) is 4.80 Å². The van der Waals surface area contributed by atoms with Gasteiger partial charge in [0.25, 0.3) is 0 Å². The Kier molecular flexibility index (Phi) is 1.93. The van der Waals surface area contributed by atoms with Crippen LogP contribution in [0.2, 0.25) is 0 Å². The molecule has 11 heavy (non-hydrogen) atoms. The van der Waals surface area contributed by atoms with Gasteiger partial charge in [0.05, 0.1) is 7.05 Å². The maximum absolute atomic E-state index is 4.15. The van der Waals surface area contributed by atoms with E-state index in [4.69, 9.17) is 0 Å². The van der Waals surface area contributed by atoms with E-state index in [-0.39, 0.29) is 5.41 Å². The first-order valence-corrected chi connectivity index (χ1v) is 3.81. The van der Waals surface area contributed by atoms with Crippen LogP contribution in [0.5, 0.6) is 0 Å². The van der Waals surface area contributed by atoms with E-state index in [1.165, 1.54) is 4.80 Å². The van der Waals surface area contributed by atoms with Crippen LogP contribution in [-0.2, 0) is 12.5 Å². The summed E-state index contributed by atoms with van der Waals surface area (Å²) in [6.07, 6.45) is 1.03. The highest BCUT2D eigenvalue weighted by Crippen LogP contribution is 2.21. The van der Waals surface area contributed by atoms with Gasteiger partial charge in [-0.3, -0.25) is 0 Å². The molecule has 0 saturated heterocycles. The summed E-state index contributed by atoms with van der Waals surface area (Å²) in [6.45, 7) is 6.35. The van der Waals surface area contributed by atoms with E-state index in [9.17, 15) is 0 Å². The maximum Gasteiger partial charge on any atom is 0.180 e. The lowest BCUT2D eigenvalue weighted by Crippen LogP contribution is -2.17. The lowest BCUT2D eigenvalue weighted by molar-refractivity contribution is 0.469. The van der Waals surface area contributed by atoms with Crippen molar-refractivity contribution in [2.45, 2.75) is 32.6 Å². The molecule has 0 amide bonds. The molecule has 0 aliphatic heterocycles. The van der Waals surface area contributed by atoms with Gasteiger partial charge in [0.15, 0.2) is 5.82 Å². The fourth-order valence-electron chi connectivity index (χ4n) is 0.713. The molecule has 0 radical (unpaired) electrons. The summed E-state index contributed by atoms with van der Waals surface area (Å²) in [4.78, 5) is 1.49. The van der Waals surface area contributed by atoms with Crippen molar-refractivity contribution < 1.29 is 0 Å². The molecule has 1 aromatic rings. The highest BCUT2D eigenvalue weighted by Gasteiger charge is 2.23. The lowest BCUT2D eigenvalue weighted by atomic mass is 9.90. The Labute approximate surface area is 66.6 Å². The summed E-state index contributed by atoms with van der Waals surface area (Å²) >= 11 is 0. The van der Waals surface area contributed by atoms with Gasteiger partial charge < -0.3 is 0 Å². The summed E-state index contributed by atoms with van der Waals surface area (Å²) in [5.74, 6) is 0.822. The molecule has 0 aromatic carbocycles. The van der Waals surface area contributed by atoms with Crippen LogP contribution in [-0.4, -0.2) is 20.2 Å². The second-order valence-corrected chi connectivity index (χ2v) is 3.34. The van der Waals surface area contributed by atoms with Crippen molar-refractivity contribution in [3.8, 4) is 0 Å². The van der Waals surface area contributed by atoms with Crippen molar-refractivity contribution in [3.05, 3.63) is 5.82 Å². The first kappa shape index (κ1) is 8.17. The summed E-state index contributed by atoms with van der Waals surface area (Å²) in [7, 11) is 1.78. The van der Waals surface area contributed by atoms with Gasteiger partial charge in [-0.15, -0.1) is 10.2 Å². The van der Waals surface area contributed by atoms with Crippen molar-refractivity contribution in [3.63, 3.8) is 0 Å². The SMILES string of the molecule is CCC(C)(C)c1nnn(C)n1. The molecule has 0 N–H and O–H groups in total. The molecular weight excluding hydrogens is 140 g/mol. The van der Waals surface area contributed by atoms with E-state index in [0.29, 0.717) is 0 Å². The van der Waals surface area contributed by atoms with E-state index in [1.807, 2.05) is 0 Å². The predicted molar refractivity (Wildman–Crippen MR) is 42.1 cm³/mol. The number of tetrazole rings is 1. The molecule has 0 spiro atoms. The van der Waals surface area contributed by atoms with E-state index in [2.05, 4.69) is 36.2 Å². The molecule has 1 rings (SSSR count). The van der Waals surface area contributed by atoms with Crippen LogP contribution in [0.3, 0.4) is 0 Å². The van der Waals surface area contributed by atoms with Gasteiger partial charge in [-0.1, -0.05) is 20.8 Å². The minimum atomic E-state index is 0.0499. The van der Waals surface area contributed by atoms with Crippen molar-refractivity contribution in [1.29, 1.82) is 0 Å². The summed E-state index contributed by atoms with van der Waals surface area (Å²) in [5, 5.41) is 11.9. The maximum atomic E-state index is 4.15. The van der Waals surface area contributed by atoms with Gasteiger partial charge in [-0.05, 0) is 11.6 Å². The molecule has 1 heterocycles. The van der Waals surface area contributed by atoms with Crippen LogP contribution < -0.4 is 0 Å². The van der Waals surface area contributed by atoms with Gasteiger partial charge in [0.2, 0.25) is 0 Å². The standard InChI is InChI=1S/C7H14N4/c1-5-7(2,3)6-8-10-11(4)9-6/h5H2,1-4H3. The zero-order valence-electron chi connectivity index (χ0n) is 7.50. The highest BCUT2D eigenvalue weighted by atomic mass is 15.6. The number of aromatic nitrogens is 4.